The molecule has 0 N–H and O–H groups in total. The van der Waals surface area contributed by atoms with Crippen molar-refractivity contribution in [3.05, 3.63) is 41.5 Å². The number of halogens is 2. The first-order valence-corrected chi connectivity index (χ1v) is 10.2. The van der Waals surface area contributed by atoms with E-state index < -0.39 is 30.4 Å². The van der Waals surface area contributed by atoms with E-state index in [4.69, 9.17) is 13.8 Å². The third-order valence-corrected chi connectivity index (χ3v) is 5.51. The van der Waals surface area contributed by atoms with Crippen LogP contribution in [0.4, 0.5) is 8.78 Å². The van der Waals surface area contributed by atoms with E-state index in [1.165, 1.54) is 32.1 Å². The molecule has 0 amide bonds. The van der Waals surface area contributed by atoms with Crippen LogP contribution in [0.5, 0.6) is 0 Å². The molecule has 0 aliphatic heterocycles. The van der Waals surface area contributed by atoms with Crippen molar-refractivity contribution in [3.63, 3.8) is 0 Å². The predicted octanol–water partition coefficient (Wildman–Crippen LogP) is 5.75. The number of hydrogen-bond acceptors (Lipinski definition) is 5. The van der Waals surface area contributed by atoms with E-state index in [1.54, 1.807) is 27.7 Å². The fourth-order valence-electron chi connectivity index (χ4n) is 2.22. The van der Waals surface area contributed by atoms with Crippen LogP contribution in [0.1, 0.15) is 52.7 Å². The number of alkyl halides is 2. The van der Waals surface area contributed by atoms with E-state index in [0.29, 0.717) is 11.1 Å². The van der Waals surface area contributed by atoms with Crippen molar-refractivity contribution in [2.24, 2.45) is 0 Å². The van der Waals surface area contributed by atoms with Gasteiger partial charge >= 0.3 is 19.2 Å². The standard InChI is InChI=1S/C19H27F2O5P/c1-7-24-27(23,25-8-2)19(20,21)16-11-9-15(10-12-16)14(3)13-17(22)26-18(4,5)6/h9-13H,7-8H2,1-6H3/b14-13+. The second-order valence-corrected chi connectivity index (χ2v) is 8.89. The van der Waals surface area contributed by atoms with Crippen LogP contribution in [-0.2, 0) is 28.8 Å². The highest BCUT2D eigenvalue weighted by atomic mass is 31.2. The third kappa shape index (κ3) is 6.23. The zero-order valence-corrected chi connectivity index (χ0v) is 17.4. The summed E-state index contributed by atoms with van der Waals surface area (Å²) in [6.07, 6.45) is 1.30. The van der Waals surface area contributed by atoms with Gasteiger partial charge in [0.05, 0.1) is 13.2 Å². The summed E-state index contributed by atoms with van der Waals surface area (Å²) >= 11 is 0. The van der Waals surface area contributed by atoms with Crippen LogP contribution in [0.25, 0.3) is 5.57 Å². The molecular formula is C19H27F2O5P. The number of esters is 1. The predicted molar refractivity (Wildman–Crippen MR) is 101 cm³/mol. The van der Waals surface area contributed by atoms with E-state index >= 15 is 0 Å². The van der Waals surface area contributed by atoms with Crippen LogP contribution in [-0.4, -0.2) is 24.8 Å². The summed E-state index contributed by atoms with van der Waals surface area (Å²) in [5, 5.41) is 0. The maximum Gasteiger partial charge on any atom is 0.404 e. The molecule has 152 valence electrons. The minimum absolute atomic E-state index is 0.164. The summed E-state index contributed by atoms with van der Waals surface area (Å²) in [6, 6.07) is 5.13. The van der Waals surface area contributed by atoms with Crippen molar-refractivity contribution >= 4 is 19.1 Å². The maximum absolute atomic E-state index is 14.7. The molecule has 0 aliphatic rings. The second kappa shape index (κ2) is 9.09. The Bertz CT molecular complexity index is 711. The molecule has 0 aliphatic carbocycles. The van der Waals surface area contributed by atoms with E-state index in [-0.39, 0.29) is 13.2 Å². The fraction of sp³-hybridized carbons (Fsp3) is 0.526. The van der Waals surface area contributed by atoms with E-state index in [0.717, 1.165) is 12.1 Å². The molecule has 27 heavy (non-hydrogen) atoms. The van der Waals surface area contributed by atoms with Gasteiger partial charge in [-0.1, -0.05) is 24.3 Å². The Hall–Kier alpha value is -1.56. The van der Waals surface area contributed by atoms with Crippen molar-refractivity contribution in [1.29, 1.82) is 0 Å². The molecule has 1 aromatic carbocycles. The average Bonchev–Trinajstić information content (AvgIpc) is 2.53. The lowest BCUT2D eigenvalue weighted by molar-refractivity contribution is -0.148. The first-order chi connectivity index (χ1) is 12.4. The topological polar surface area (TPSA) is 61.8 Å². The van der Waals surface area contributed by atoms with Crippen LogP contribution in [0, 0.1) is 0 Å². The minimum Gasteiger partial charge on any atom is -0.457 e. The number of ether oxygens (including phenoxy) is 1. The number of carbonyl (C=O) groups excluding carboxylic acids is 1. The minimum atomic E-state index is -4.65. The van der Waals surface area contributed by atoms with Gasteiger partial charge in [0.2, 0.25) is 0 Å². The number of rotatable bonds is 8. The van der Waals surface area contributed by atoms with Crippen molar-refractivity contribution in [2.75, 3.05) is 13.2 Å². The quantitative estimate of drug-likeness (QED) is 0.314. The van der Waals surface area contributed by atoms with Crippen LogP contribution in [0.3, 0.4) is 0 Å². The van der Waals surface area contributed by atoms with Gasteiger partial charge in [0.25, 0.3) is 0 Å². The van der Waals surface area contributed by atoms with Gasteiger partial charge in [0.1, 0.15) is 5.60 Å². The highest BCUT2D eigenvalue weighted by molar-refractivity contribution is 7.54. The first kappa shape index (κ1) is 23.5. The summed E-state index contributed by atoms with van der Waals surface area (Å²) in [5.41, 5.74) is -3.79. The largest absolute Gasteiger partial charge is 0.457 e. The lowest BCUT2D eigenvalue weighted by Crippen LogP contribution is -2.22. The van der Waals surface area contributed by atoms with Gasteiger partial charge in [-0.05, 0) is 52.7 Å². The van der Waals surface area contributed by atoms with Crippen LogP contribution < -0.4 is 0 Å². The molecule has 0 atom stereocenters. The monoisotopic (exact) mass is 404 g/mol. The van der Waals surface area contributed by atoms with Gasteiger partial charge in [0, 0.05) is 11.6 Å². The number of allylic oxidation sites excluding steroid dienone is 1. The first-order valence-electron chi connectivity index (χ1n) is 8.65. The normalized spacial score (nSPS) is 13.6. The molecule has 0 fully saturated rings. The Labute approximate surface area is 159 Å². The SMILES string of the molecule is CCOP(=O)(OCC)C(F)(F)c1ccc(/C(C)=C/C(=O)OC(C)(C)C)cc1. The third-order valence-electron chi connectivity index (χ3n) is 3.37. The van der Waals surface area contributed by atoms with Gasteiger partial charge in [0.15, 0.2) is 0 Å². The van der Waals surface area contributed by atoms with E-state index in [2.05, 4.69) is 0 Å². The fourth-order valence-corrected chi connectivity index (χ4v) is 3.77. The second-order valence-electron chi connectivity index (χ2n) is 6.81. The van der Waals surface area contributed by atoms with Crippen molar-refractivity contribution in [3.8, 4) is 0 Å². The molecule has 0 spiro atoms. The van der Waals surface area contributed by atoms with Crippen LogP contribution >= 0.6 is 7.60 Å². The smallest absolute Gasteiger partial charge is 0.404 e. The van der Waals surface area contributed by atoms with Crippen molar-refractivity contribution in [2.45, 2.75) is 52.8 Å². The van der Waals surface area contributed by atoms with Gasteiger partial charge in [-0.25, -0.2) is 4.79 Å². The summed E-state index contributed by atoms with van der Waals surface area (Å²) in [6.45, 7) is 9.53. The van der Waals surface area contributed by atoms with Gasteiger partial charge in [-0.2, -0.15) is 8.78 Å². The molecule has 0 radical (unpaired) electrons. The molecule has 8 heteroatoms. The number of hydrogen-bond donors (Lipinski definition) is 0. The molecule has 0 unspecified atom stereocenters. The van der Waals surface area contributed by atoms with Gasteiger partial charge < -0.3 is 13.8 Å². The molecule has 5 nitrogen and oxygen atoms in total. The summed E-state index contributed by atoms with van der Waals surface area (Å²) in [7, 11) is -4.65. The Balaban J connectivity index is 3.10. The lowest BCUT2D eigenvalue weighted by Gasteiger charge is -2.26. The summed E-state index contributed by atoms with van der Waals surface area (Å²) in [5.74, 6) is -0.522. The van der Waals surface area contributed by atoms with E-state index in [9.17, 15) is 18.1 Å². The van der Waals surface area contributed by atoms with Crippen molar-refractivity contribution in [1.82, 2.24) is 0 Å². The molecule has 0 saturated heterocycles. The lowest BCUT2D eigenvalue weighted by atomic mass is 10.1. The van der Waals surface area contributed by atoms with Crippen molar-refractivity contribution < 1.29 is 31.9 Å². The van der Waals surface area contributed by atoms with Gasteiger partial charge in [-0.15, -0.1) is 0 Å². The zero-order chi connectivity index (χ0) is 20.9. The van der Waals surface area contributed by atoms with Crippen LogP contribution in [0.2, 0.25) is 0 Å². The molecule has 0 saturated carbocycles. The molecule has 0 heterocycles. The average molecular weight is 404 g/mol. The molecular weight excluding hydrogens is 377 g/mol. The van der Waals surface area contributed by atoms with E-state index in [1.807, 2.05) is 0 Å². The Morgan fingerprint density at radius 2 is 1.56 bits per heavy atom. The molecule has 0 bridgehead atoms. The zero-order valence-electron chi connectivity index (χ0n) is 16.5. The van der Waals surface area contributed by atoms with Crippen LogP contribution in [0.15, 0.2) is 30.3 Å². The maximum atomic E-state index is 14.7. The Morgan fingerprint density at radius 3 is 1.96 bits per heavy atom. The molecule has 1 rings (SSSR count). The highest BCUT2D eigenvalue weighted by Crippen LogP contribution is 2.66. The van der Waals surface area contributed by atoms with Gasteiger partial charge in [-0.3, -0.25) is 4.57 Å². The molecule has 1 aromatic rings. The highest BCUT2D eigenvalue weighted by Gasteiger charge is 2.54. The number of benzene rings is 1. The Kier molecular flexibility index (Phi) is 7.90. The molecule has 0 aromatic heterocycles. The summed E-state index contributed by atoms with van der Waals surface area (Å²) < 4.78 is 56.6. The Morgan fingerprint density at radius 1 is 1.07 bits per heavy atom. The summed E-state index contributed by atoms with van der Waals surface area (Å²) in [4.78, 5) is 11.9. The number of carbonyl (C=O) groups is 1.